The molecule has 0 spiro atoms. The highest BCUT2D eigenvalue weighted by molar-refractivity contribution is 7.91. The van der Waals surface area contributed by atoms with Crippen LogP contribution < -0.4 is 11.2 Å². The van der Waals surface area contributed by atoms with Gasteiger partial charge in [0.2, 0.25) is 0 Å². The second-order valence-electron chi connectivity index (χ2n) is 5.97. The maximum atomic E-state index is 12.9. The lowest BCUT2D eigenvalue weighted by atomic mass is 10.1. The van der Waals surface area contributed by atoms with Crippen LogP contribution in [0.3, 0.4) is 0 Å². The van der Waals surface area contributed by atoms with Gasteiger partial charge >= 0.3 is 11.9 Å². The van der Waals surface area contributed by atoms with Crippen molar-refractivity contribution < 1.29 is 21.6 Å². The lowest BCUT2D eigenvalue weighted by Gasteiger charge is -2.12. The molecule has 0 radical (unpaired) electrons. The molecule has 7 nitrogen and oxygen atoms in total. The van der Waals surface area contributed by atoms with E-state index >= 15 is 0 Å². The molecular formula is C17H14F3N3O4S. The molecule has 148 valence electrons. The first-order valence-corrected chi connectivity index (χ1v) is 9.69. The normalized spacial score (nSPS) is 12.4. The van der Waals surface area contributed by atoms with Crippen molar-refractivity contribution in [2.75, 3.05) is 5.75 Å². The molecule has 1 N–H and O–H groups in total. The van der Waals surface area contributed by atoms with Crippen molar-refractivity contribution in [3.05, 3.63) is 68.6 Å². The number of sulfone groups is 1. The average Bonchev–Trinajstić information content (AvgIpc) is 2.64. The summed E-state index contributed by atoms with van der Waals surface area (Å²) in [5.41, 5.74) is -2.77. The van der Waals surface area contributed by atoms with Crippen LogP contribution in [0.4, 0.5) is 13.2 Å². The minimum Gasteiger partial charge on any atom is -0.307 e. The molecule has 0 saturated carbocycles. The van der Waals surface area contributed by atoms with Crippen molar-refractivity contribution in [2.24, 2.45) is 0 Å². The van der Waals surface area contributed by atoms with Gasteiger partial charge in [0, 0.05) is 12.4 Å². The second kappa shape index (κ2) is 6.89. The Bertz CT molecular complexity index is 1280. The molecule has 2 aromatic heterocycles. The van der Waals surface area contributed by atoms with E-state index < -0.39 is 39.4 Å². The van der Waals surface area contributed by atoms with Gasteiger partial charge in [-0.2, -0.15) is 13.2 Å². The number of aromatic nitrogens is 3. The zero-order chi connectivity index (χ0) is 20.7. The molecule has 2 heterocycles. The van der Waals surface area contributed by atoms with Gasteiger partial charge in [0.1, 0.15) is 0 Å². The Labute approximate surface area is 156 Å². The number of nitrogens with one attached hydrogen (secondary N) is 1. The zero-order valence-electron chi connectivity index (χ0n) is 14.4. The predicted octanol–water partition coefficient (Wildman–Crippen LogP) is 1.95. The number of rotatable bonds is 4. The van der Waals surface area contributed by atoms with Gasteiger partial charge in [0.25, 0.3) is 5.56 Å². The lowest BCUT2D eigenvalue weighted by molar-refractivity contribution is -0.137. The molecule has 0 fully saturated rings. The summed E-state index contributed by atoms with van der Waals surface area (Å²) in [5, 5.41) is -0.330. The maximum Gasteiger partial charge on any atom is 0.416 e. The minimum absolute atomic E-state index is 0.0459. The molecule has 3 rings (SSSR count). The van der Waals surface area contributed by atoms with Crippen molar-refractivity contribution in [3.63, 3.8) is 0 Å². The Hall–Kier alpha value is -2.95. The van der Waals surface area contributed by atoms with Crippen LogP contribution in [0.5, 0.6) is 0 Å². The molecule has 0 saturated heterocycles. The van der Waals surface area contributed by atoms with Crippen LogP contribution >= 0.6 is 0 Å². The van der Waals surface area contributed by atoms with Gasteiger partial charge in [0.15, 0.2) is 9.84 Å². The van der Waals surface area contributed by atoms with Gasteiger partial charge in [0.05, 0.1) is 33.7 Å². The fourth-order valence-electron chi connectivity index (χ4n) is 2.72. The molecule has 0 aliphatic rings. The van der Waals surface area contributed by atoms with Crippen molar-refractivity contribution in [2.45, 2.75) is 24.5 Å². The molecular weight excluding hydrogens is 399 g/mol. The highest BCUT2D eigenvalue weighted by Gasteiger charge is 2.31. The van der Waals surface area contributed by atoms with Crippen LogP contribution in [0.15, 0.2) is 51.1 Å². The molecule has 0 aliphatic heterocycles. The van der Waals surface area contributed by atoms with Gasteiger partial charge < -0.3 is 4.98 Å². The number of H-pyrrole nitrogens is 1. The van der Waals surface area contributed by atoms with E-state index in [-0.39, 0.29) is 27.1 Å². The van der Waals surface area contributed by atoms with Gasteiger partial charge in [-0.05, 0) is 29.8 Å². The zero-order valence-corrected chi connectivity index (χ0v) is 15.3. The monoisotopic (exact) mass is 413 g/mol. The summed E-state index contributed by atoms with van der Waals surface area (Å²) in [7, 11) is -3.68. The molecule has 0 unspecified atom stereocenters. The summed E-state index contributed by atoms with van der Waals surface area (Å²) in [6, 6.07) is 3.76. The van der Waals surface area contributed by atoms with E-state index in [1.54, 1.807) is 0 Å². The molecule has 0 bridgehead atoms. The molecule has 0 aliphatic carbocycles. The molecule has 0 atom stereocenters. The Morgan fingerprint density at radius 1 is 1.18 bits per heavy atom. The van der Waals surface area contributed by atoms with Gasteiger partial charge in [-0.25, -0.2) is 13.2 Å². The van der Waals surface area contributed by atoms with E-state index in [1.165, 1.54) is 19.2 Å². The summed E-state index contributed by atoms with van der Waals surface area (Å²) >= 11 is 0. The number of hydrogen-bond acceptors (Lipinski definition) is 5. The Kier molecular flexibility index (Phi) is 4.88. The maximum absolute atomic E-state index is 12.9. The summed E-state index contributed by atoms with van der Waals surface area (Å²) in [4.78, 5) is 30.9. The smallest absolute Gasteiger partial charge is 0.307 e. The lowest BCUT2D eigenvalue weighted by Crippen LogP contribution is -2.35. The van der Waals surface area contributed by atoms with Crippen LogP contribution in [0, 0.1) is 0 Å². The van der Waals surface area contributed by atoms with E-state index in [0.717, 1.165) is 18.3 Å². The van der Waals surface area contributed by atoms with Crippen molar-refractivity contribution >= 4 is 20.7 Å². The number of halogens is 3. The molecule has 0 amide bonds. The SMILES string of the molecule is CCS(=O)(=O)c1cnccc1Cn1c(=O)[nH]c2ccc(C(F)(F)F)cc2c1=O. The van der Waals surface area contributed by atoms with Crippen LogP contribution in [-0.2, 0) is 22.6 Å². The molecule has 1 aromatic carbocycles. The van der Waals surface area contributed by atoms with Crippen LogP contribution in [-0.4, -0.2) is 28.7 Å². The first-order valence-electron chi connectivity index (χ1n) is 8.04. The van der Waals surface area contributed by atoms with Gasteiger partial charge in [-0.15, -0.1) is 0 Å². The van der Waals surface area contributed by atoms with Gasteiger partial charge in [-0.1, -0.05) is 6.92 Å². The fraction of sp³-hybridized carbons (Fsp3) is 0.235. The van der Waals surface area contributed by atoms with Crippen molar-refractivity contribution in [3.8, 4) is 0 Å². The predicted molar refractivity (Wildman–Crippen MR) is 94.9 cm³/mol. The van der Waals surface area contributed by atoms with E-state index in [1.807, 2.05) is 0 Å². The quantitative estimate of drug-likeness (QED) is 0.704. The largest absolute Gasteiger partial charge is 0.416 e. The first kappa shape index (κ1) is 19.8. The number of aromatic amines is 1. The number of alkyl halides is 3. The Morgan fingerprint density at radius 3 is 2.54 bits per heavy atom. The summed E-state index contributed by atoms with van der Waals surface area (Å²) in [5.74, 6) is -0.219. The van der Waals surface area contributed by atoms with Crippen LogP contribution in [0.25, 0.3) is 10.9 Å². The molecule has 11 heteroatoms. The van der Waals surface area contributed by atoms with Crippen molar-refractivity contribution in [1.82, 2.24) is 14.5 Å². The third-order valence-electron chi connectivity index (χ3n) is 4.22. The number of hydrogen-bond donors (Lipinski definition) is 1. The Balaban J connectivity index is 2.21. The number of nitrogens with zero attached hydrogens (tertiary/aromatic N) is 2. The number of benzene rings is 1. The molecule has 3 aromatic rings. The Morgan fingerprint density at radius 2 is 1.89 bits per heavy atom. The fourth-order valence-corrected chi connectivity index (χ4v) is 3.78. The molecule has 28 heavy (non-hydrogen) atoms. The summed E-state index contributed by atoms with van der Waals surface area (Å²) in [6.45, 7) is 0.997. The van der Waals surface area contributed by atoms with Crippen molar-refractivity contribution in [1.29, 1.82) is 0 Å². The third kappa shape index (κ3) is 3.57. The third-order valence-corrected chi connectivity index (χ3v) is 6.02. The average molecular weight is 413 g/mol. The topological polar surface area (TPSA) is 102 Å². The summed E-state index contributed by atoms with van der Waals surface area (Å²) in [6.07, 6.45) is -2.25. The standard InChI is InChI=1S/C17H14F3N3O4S/c1-2-28(26,27)14-8-21-6-5-10(14)9-23-15(24)12-7-11(17(18,19)20)3-4-13(12)22-16(23)25/h3-8H,2,9H2,1H3,(H,22,25). The van der Waals surface area contributed by atoms with E-state index in [9.17, 15) is 31.2 Å². The minimum atomic E-state index is -4.66. The second-order valence-corrected chi connectivity index (χ2v) is 8.21. The highest BCUT2D eigenvalue weighted by Crippen LogP contribution is 2.30. The van der Waals surface area contributed by atoms with Crippen LogP contribution in [0.2, 0.25) is 0 Å². The van der Waals surface area contributed by atoms with E-state index in [2.05, 4.69) is 9.97 Å². The van der Waals surface area contributed by atoms with E-state index in [0.29, 0.717) is 10.6 Å². The first-order chi connectivity index (χ1) is 13.0. The van der Waals surface area contributed by atoms with Crippen LogP contribution in [0.1, 0.15) is 18.1 Å². The number of fused-ring (bicyclic) bond motifs is 1. The summed E-state index contributed by atoms with van der Waals surface area (Å²) < 4.78 is 63.9. The highest BCUT2D eigenvalue weighted by atomic mass is 32.2. The number of pyridine rings is 1. The van der Waals surface area contributed by atoms with E-state index in [4.69, 9.17) is 0 Å². The van der Waals surface area contributed by atoms with Gasteiger partial charge in [-0.3, -0.25) is 14.3 Å².